The Kier molecular flexibility index (Phi) is 6.50. The summed E-state index contributed by atoms with van der Waals surface area (Å²) in [5.74, 6) is 0.427. The monoisotopic (exact) mass is 394 g/mol. The quantitative estimate of drug-likeness (QED) is 0.777. The second-order valence-electron chi connectivity index (χ2n) is 7.72. The molecular formula is C20H31ClN4O2. The fourth-order valence-corrected chi connectivity index (χ4v) is 4.36. The summed E-state index contributed by atoms with van der Waals surface area (Å²) in [4.78, 5) is 19.9. The van der Waals surface area contributed by atoms with Gasteiger partial charge in [0.25, 0.3) is 5.91 Å². The molecule has 0 saturated carbocycles. The van der Waals surface area contributed by atoms with Crippen molar-refractivity contribution in [3.05, 3.63) is 22.7 Å². The van der Waals surface area contributed by atoms with Gasteiger partial charge in [-0.25, -0.2) is 0 Å². The number of ether oxygens (including phenoxy) is 1. The standard InChI is InChI=1S/C20H31ClN4O2/c1-14-4-5-15(2)25(14)11-8-23-6-9-24(10-7-23)20(26)16-12-17(21)18(22)13-19(16)27-3/h12-15H,4-11,22H2,1-3H3. The zero-order valence-corrected chi connectivity index (χ0v) is 17.3. The molecule has 2 heterocycles. The van der Waals surface area contributed by atoms with E-state index in [0.717, 1.165) is 39.3 Å². The molecule has 2 aliphatic rings. The van der Waals surface area contributed by atoms with Crippen molar-refractivity contribution in [3.8, 4) is 5.75 Å². The van der Waals surface area contributed by atoms with Crippen molar-refractivity contribution in [2.45, 2.75) is 38.8 Å². The van der Waals surface area contributed by atoms with E-state index in [1.807, 2.05) is 4.90 Å². The molecule has 2 fully saturated rings. The molecule has 2 unspecified atom stereocenters. The summed E-state index contributed by atoms with van der Waals surface area (Å²) in [7, 11) is 1.54. The molecule has 6 nitrogen and oxygen atoms in total. The number of hydrogen-bond donors (Lipinski definition) is 1. The normalized spacial score (nSPS) is 24.4. The molecule has 2 aliphatic heterocycles. The number of methoxy groups -OCH3 is 1. The van der Waals surface area contributed by atoms with E-state index in [9.17, 15) is 4.79 Å². The van der Waals surface area contributed by atoms with E-state index < -0.39 is 0 Å². The molecule has 1 aromatic rings. The van der Waals surface area contributed by atoms with Crippen LogP contribution in [0.3, 0.4) is 0 Å². The maximum atomic E-state index is 12.9. The Morgan fingerprint density at radius 2 is 1.78 bits per heavy atom. The van der Waals surface area contributed by atoms with Gasteiger partial charge in [0.15, 0.2) is 0 Å². The maximum absolute atomic E-state index is 12.9. The molecule has 0 spiro atoms. The van der Waals surface area contributed by atoms with Crippen LogP contribution in [0.15, 0.2) is 12.1 Å². The Morgan fingerprint density at radius 1 is 1.15 bits per heavy atom. The average molecular weight is 395 g/mol. The fourth-order valence-electron chi connectivity index (χ4n) is 4.20. The van der Waals surface area contributed by atoms with Gasteiger partial charge >= 0.3 is 0 Å². The Bertz CT molecular complexity index is 666. The van der Waals surface area contributed by atoms with E-state index in [4.69, 9.17) is 22.1 Å². The van der Waals surface area contributed by atoms with E-state index in [1.165, 1.54) is 20.0 Å². The van der Waals surface area contributed by atoms with Gasteiger partial charge in [-0.2, -0.15) is 0 Å². The Labute approximate surface area is 167 Å². The lowest BCUT2D eigenvalue weighted by atomic mass is 10.1. The average Bonchev–Trinajstić information content (AvgIpc) is 2.99. The van der Waals surface area contributed by atoms with Crippen molar-refractivity contribution >= 4 is 23.2 Å². The van der Waals surface area contributed by atoms with E-state index in [0.29, 0.717) is 34.1 Å². The SMILES string of the molecule is COc1cc(N)c(Cl)cc1C(=O)N1CCN(CCN2C(C)CCC2C)CC1. The predicted octanol–water partition coefficient (Wildman–Crippen LogP) is 2.56. The third kappa shape index (κ3) is 4.50. The smallest absolute Gasteiger partial charge is 0.257 e. The molecule has 0 aromatic heterocycles. The number of halogens is 1. The zero-order chi connectivity index (χ0) is 19.6. The highest BCUT2D eigenvalue weighted by Gasteiger charge is 2.29. The number of carbonyl (C=O) groups is 1. The topological polar surface area (TPSA) is 62.0 Å². The van der Waals surface area contributed by atoms with E-state index >= 15 is 0 Å². The Balaban J connectivity index is 1.54. The predicted molar refractivity (Wildman–Crippen MR) is 110 cm³/mol. The van der Waals surface area contributed by atoms with Crippen LogP contribution in [0, 0.1) is 0 Å². The largest absolute Gasteiger partial charge is 0.496 e. The number of nitrogen functional groups attached to an aromatic ring is 1. The molecule has 0 bridgehead atoms. The molecule has 2 N–H and O–H groups in total. The van der Waals surface area contributed by atoms with Gasteiger partial charge in [0.1, 0.15) is 5.75 Å². The van der Waals surface area contributed by atoms with Crippen molar-refractivity contribution in [1.82, 2.24) is 14.7 Å². The number of amides is 1. The van der Waals surface area contributed by atoms with Gasteiger partial charge in [0.05, 0.1) is 23.4 Å². The first kappa shape index (κ1) is 20.2. The van der Waals surface area contributed by atoms with Gasteiger partial charge in [-0.3, -0.25) is 14.6 Å². The van der Waals surface area contributed by atoms with Crippen molar-refractivity contribution in [1.29, 1.82) is 0 Å². The molecular weight excluding hydrogens is 364 g/mol. The summed E-state index contributed by atoms with van der Waals surface area (Å²) in [6.45, 7) is 10.0. The second kappa shape index (κ2) is 8.67. The first-order chi connectivity index (χ1) is 12.9. The number of benzene rings is 1. The van der Waals surface area contributed by atoms with Crippen LogP contribution in [0.5, 0.6) is 5.75 Å². The van der Waals surface area contributed by atoms with Crippen LogP contribution in [-0.2, 0) is 0 Å². The lowest BCUT2D eigenvalue weighted by molar-refractivity contribution is 0.0611. The van der Waals surface area contributed by atoms with Crippen LogP contribution < -0.4 is 10.5 Å². The Hall–Kier alpha value is -1.50. The fraction of sp³-hybridized carbons (Fsp3) is 0.650. The summed E-state index contributed by atoms with van der Waals surface area (Å²) in [5.41, 5.74) is 6.71. The first-order valence-electron chi connectivity index (χ1n) is 9.81. The van der Waals surface area contributed by atoms with Crippen molar-refractivity contribution in [2.24, 2.45) is 0 Å². The highest BCUT2D eigenvalue weighted by Crippen LogP contribution is 2.30. The number of carbonyl (C=O) groups excluding carboxylic acids is 1. The molecule has 150 valence electrons. The van der Waals surface area contributed by atoms with Crippen LogP contribution >= 0.6 is 11.6 Å². The van der Waals surface area contributed by atoms with E-state index in [-0.39, 0.29) is 5.91 Å². The van der Waals surface area contributed by atoms with Crippen LogP contribution in [0.25, 0.3) is 0 Å². The minimum atomic E-state index is -0.0461. The molecule has 2 atom stereocenters. The van der Waals surface area contributed by atoms with Gasteiger partial charge in [-0.15, -0.1) is 0 Å². The maximum Gasteiger partial charge on any atom is 0.257 e. The molecule has 0 aliphatic carbocycles. The highest BCUT2D eigenvalue weighted by molar-refractivity contribution is 6.33. The summed E-state index contributed by atoms with van der Waals surface area (Å²) in [6, 6.07) is 4.60. The van der Waals surface area contributed by atoms with Gasteiger partial charge < -0.3 is 15.4 Å². The molecule has 2 saturated heterocycles. The third-order valence-corrected chi connectivity index (χ3v) is 6.34. The van der Waals surface area contributed by atoms with Gasteiger partial charge in [0, 0.05) is 57.4 Å². The van der Waals surface area contributed by atoms with Gasteiger partial charge in [0.2, 0.25) is 0 Å². The number of rotatable bonds is 5. The summed E-state index contributed by atoms with van der Waals surface area (Å²) < 4.78 is 5.33. The summed E-state index contributed by atoms with van der Waals surface area (Å²) in [5, 5.41) is 0.381. The van der Waals surface area contributed by atoms with Crippen LogP contribution in [0.1, 0.15) is 37.0 Å². The number of piperazine rings is 1. The highest BCUT2D eigenvalue weighted by atomic mass is 35.5. The van der Waals surface area contributed by atoms with Crippen molar-refractivity contribution in [2.75, 3.05) is 52.1 Å². The van der Waals surface area contributed by atoms with Crippen LogP contribution in [-0.4, -0.2) is 79.1 Å². The molecule has 0 radical (unpaired) electrons. The van der Waals surface area contributed by atoms with E-state index in [1.54, 1.807) is 12.1 Å². The minimum Gasteiger partial charge on any atom is -0.496 e. The number of nitrogens with zero attached hydrogens (tertiary/aromatic N) is 3. The molecule has 1 aromatic carbocycles. The lowest BCUT2D eigenvalue weighted by Gasteiger charge is -2.36. The van der Waals surface area contributed by atoms with Crippen molar-refractivity contribution < 1.29 is 9.53 Å². The molecule has 3 rings (SSSR count). The third-order valence-electron chi connectivity index (χ3n) is 6.02. The summed E-state index contributed by atoms with van der Waals surface area (Å²) in [6.07, 6.45) is 2.60. The Morgan fingerprint density at radius 3 is 2.37 bits per heavy atom. The minimum absolute atomic E-state index is 0.0461. The van der Waals surface area contributed by atoms with E-state index in [2.05, 4.69) is 23.6 Å². The number of hydrogen-bond acceptors (Lipinski definition) is 5. The zero-order valence-electron chi connectivity index (χ0n) is 16.6. The van der Waals surface area contributed by atoms with Crippen molar-refractivity contribution in [3.63, 3.8) is 0 Å². The number of likely N-dealkylation sites (tertiary alicyclic amines) is 1. The number of nitrogens with two attached hydrogens (primary N) is 1. The number of anilines is 1. The molecule has 7 heteroatoms. The first-order valence-corrected chi connectivity index (χ1v) is 10.2. The summed E-state index contributed by atoms with van der Waals surface area (Å²) >= 11 is 6.11. The lowest BCUT2D eigenvalue weighted by Crippen LogP contribution is -2.50. The molecule has 1 amide bonds. The molecule has 27 heavy (non-hydrogen) atoms. The second-order valence-corrected chi connectivity index (χ2v) is 8.13. The van der Waals surface area contributed by atoms with Crippen LogP contribution in [0.2, 0.25) is 5.02 Å². The van der Waals surface area contributed by atoms with Gasteiger partial charge in [-0.05, 0) is 32.8 Å². The van der Waals surface area contributed by atoms with Gasteiger partial charge in [-0.1, -0.05) is 11.6 Å². The van der Waals surface area contributed by atoms with Crippen LogP contribution in [0.4, 0.5) is 5.69 Å².